The summed E-state index contributed by atoms with van der Waals surface area (Å²) in [5.41, 5.74) is 0.426. The van der Waals surface area contributed by atoms with Crippen molar-refractivity contribution in [1.82, 2.24) is 4.98 Å². The predicted octanol–water partition coefficient (Wildman–Crippen LogP) is 3.92. The van der Waals surface area contributed by atoms with Crippen LogP contribution in [0.15, 0.2) is 28.8 Å². The SMILES string of the molecule is CC(Cl)c1ncc(-c2ccc(F)c(F)c2)o1. The van der Waals surface area contributed by atoms with E-state index in [0.717, 1.165) is 12.1 Å². The third kappa shape index (κ3) is 2.07. The van der Waals surface area contributed by atoms with Gasteiger partial charge in [-0.2, -0.15) is 0 Å². The first-order valence-electron chi connectivity index (χ1n) is 4.63. The molecule has 0 saturated heterocycles. The molecule has 1 atom stereocenters. The smallest absolute Gasteiger partial charge is 0.212 e. The number of alkyl halides is 1. The van der Waals surface area contributed by atoms with Gasteiger partial charge in [-0.1, -0.05) is 0 Å². The second-order valence-corrected chi connectivity index (χ2v) is 3.96. The largest absolute Gasteiger partial charge is 0.439 e. The molecule has 0 N–H and O–H groups in total. The van der Waals surface area contributed by atoms with Gasteiger partial charge >= 0.3 is 0 Å². The van der Waals surface area contributed by atoms with E-state index in [0.29, 0.717) is 17.2 Å². The van der Waals surface area contributed by atoms with Crippen molar-refractivity contribution in [2.24, 2.45) is 0 Å². The second kappa shape index (κ2) is 4.22. The Morgan fingerprint density at radius 3 is 2.62 bits per heavy atom. The zero-order valence-corrected chi connectivity index (χ0v) is 9.13. The molecule has 84 valence electrons. The van der Waals surface area contributed by atoms with Gasteiger partial charge < -0.3 is 4.42 Å². The van der Waals surface area contributed by atoms with Gasteiger partial charge in [-0.3, -0.25) is 0 Å². The molecule has 2 rings (SSSR count). The highest BCUT2D eigenvalue weighted by Gasteiger charge is 2.12. The van der Waals surface area contributed by atoms with Crippen LogP contribution in [-0.4, -0.2) is 4.98 Å². The number of halogens is 3. The second-order valence-electron chi connectivity index (χ2n) is 3.31. The van der Waals surface area contributed by atoms with E-state index in [2.05, 4.69) is 4.98 Å². The Balaban J connectivity index is 2.39. The van der Waals surface area contributed by atoms with Gasteiger partial charge in [0, 0.05) is 5.56 Å². The van der Waals surface area contributed by atoms with Crippen molar-refractivity contribution in [3.05, 3.63) is 41.9 Å². The summed E-state index contributed by atoms with van der Waals surface area (Å²) in [6.07, 6.45) is 1.43. The molecule has 5 heteroatoms. The fourth-order valence-electron chi connectivity index (χ4n) is 1.25. The monoisotopic (exact) mass is 243 g/mol. The van der Waals surface area contributed by atoms with Gasteiger partial charge in [0.1, 0.15) is 5.38 Å². The van der Waals surface area contributed by atoms with Crippen LogP contribution in [0.25, 0.3) is 11.3 Å². The summed E-state index contributed by atoms with van der Waals surface area (Å²) >= 11 is 5.77. The Hall–Kier alpha value is -1.42. The van der Waals surface area contributed by atoms with E-state index in [9.17, 15) is 8.78 Å². The molecule has 16 heavy (non-hydrogen) atoms. The average molecular weight is 244 g/mol. The number of nitrogens with zero attached hydrogens (tertiary/aromatic N) is 1. The molecule has 0 fully saturated rings. The van der Waals surface area contributed by atoms with Crippen LogP contribution >= 0.6 is 11.6 Å². The van der Waals surface area contributed by atoms with Gasteiger partial charge in [0.05, 0.1) is 6.20 Å². The minimum absolute atomic E-state index is 0.349. The molecule has 0 saturated carbocycles. The van der Waals surface area contributed by atoms with Crippen LogP contribution in [0.4, 0.5) is 8.78 Å². The maximum absolute atomic E-state index is 13.0. The number of benzene rings is 1. The van der Waals surface area contributed by atoms with E-state index < -0.39 is 11.6 Å². The van der Waals surface area contributed by atoms with Crippen molar-refractivity contribution < 1.29 is 13.2 Å². The minimum atomic E-state index is -0.922. The summed E-state index contributed by atoms with van der Waals surface area (Å²) < 4.78 is 31.0. The first-order chi connectivity index (χ1) is 7.58. The zero-order chi connectivity index (χ0) is 11.7. The molecule has 0 radical (unpaired) electrons. The summed E-state index contributed by atoms with van der Waals surface area (Å²) in [4.78, 5) is 3.93. The molecule has 2 nitrogen and oxygen atoms in total. The molecule has 0 aliphatic rings. The lowest BCUT2D eigenvalue weighted by Crippen LogP contribution is -1.84. The van der Waals surface area contributed by atoms with Gasteiger partial charge in [0.2, 0.25) is 5.89 Å². The fourth-order valence-corrected chi connectivity index (χ4v) is 1.36. The number of hydrogen-bond acceptors (Lipinski definition) is 2. The van der Waals surface area contributed by atoms with Crippen molar-refractivity contribution >= 4 is 11.6 Å². The maximum Gasteiger partial charge on any atom is 0.212 e. The molecule has 0 aliphatic heterocycles. The summed E-state index contributed by atoms with van der Waals surface area (Å²) in [5, 5.41) is -0.362. The highest BCUT2D eigenvalue weighted by molar-refractivity contribution is 6.20. The first kappa shape index (κ1) is 11.1. The molecular formula is C11H8ClF2NO. The van der Waals surface area contributed by atoms with Crippen LogP contribution in [0, 0.1) is 11.6 Å². The molecule has 1 aromatic carbocycles. The van der Waals surface area contributed by atoms with Crippen LogP contribution in [0.2, 0.25) is 0 Å². The number of aromatic nitrogens is 1. The topological polar surface area (TPSA) is 26.0 Å². The lowest BCUT2D eigenvalue weighted by atomic mass is 10.2. The Bertz CT molecular complexity index is 510. The Morgan fingerprint density at radius 2 is 2.06 bits per heavy atom. The molecular weight excluding hydrogens is 236 g/mol. The standard InChI is InChI=1S/C11H8ClF2NO/c1-6(12)11-15-5-10(16-11)7-2-3-8(13)9(14)4-7/h2-6H,1H3. The molecule has 1 unspecified atom stereocenters. The molecule has 1 heterocycles. The van der Waals surface area contributed by atoms with Crippen molar-refractivity contribution in [2.75, 3.05) is 0 Å². The normalized spacial score (nSPS) is 12.8. The zero-order valence-electron chi connectivity index (χ0n) is 8.38. The molecule has 0 bridgehead atoms. The molecule has 0 spiro atoms. The third-order valence-electron chi connectivity index (χ3n) is 2.07. The van der Waals surface area contributed by atoms with E-state index in [1.807, 2.05) is 0 Å². The number of rotatable bonds is 2. The van der Waals surface area contributed by atoms with Crippen molar-refractivity contribution in [3.63, 3.8) is 0 Å². The van der Waals surface area contributed by atoms with Crippen LogP contribution in [-0.2, 0) is 0 Å². The van der Waals surface area contributed by atoms with Crippen LogP contribution in [0.1, 0.15) is 18.2 Å². The van der Waals surface area contributed by atoms with Gasteiger partial charge in [-0.15, -0.1) is 11.6 Å². The van der Waals surface area contributed by atoms with E-state index in [-0.39, 0.29) is 5.38 Å². The lowest BCUT2D eigenvalue weighted by molar-refractivity contribution is 0.500. The van der Waals surface area contributed by atoms with E-state index in [1.165, 1.54) is 12.3 Å². The van der Waals surface area contributed by atoms with Gasteiger partial charge in [0.15, 0.2) is 17.4 Å². The highest BCUT2D eigenvalue weighted by atomic mass is 35.5. The van der Waals surface area contributed by atoms with E-state index >= 15 is 0 Å². The Kier molecular flexibility index (Phi) is 2.92. The summed E-state index contributed by atoms with van der Waals surface area (Å²) in [6.45, 7) is 1.71. The van der Waals surface area contributed by atoms with Crippen LogP contribution in [0.5, 0.6) is 0 Å². The summed E-state index contributed by atoms with van der Waals surface area (Å²) in [6, 6.07) is 3.51. The molecule has 2 aromatic rings. The van der Waals surface area contributed by atoms with E-state index in [4.69, 9.17) is 16.0 Å². The molecule has 1 aromatic heterocycles. The third-order valence-corrected chi connectivity index (χ3v) is 2.25. The lowest BCUT2D eigenvalue weighted by Gasteiger charge is -1.98. The van der Waals surface area contributed by atoms with Gasteiger partial charge in [0.25, 0.3) is 0 Å². The first-order valence-corrected chi connectivity index (χ1v) is 5.07. The maximum atomic E-state index is 13.0. The van der Waals surface area contributed by atoms with Crippen molar-refractivity contribution in [1.29, 1.82) is 0 Å². The minimum Gasteiger partial charge on any atom is -0.439 e. The average Bonchev–Trinajstić information content (AvgIpc) is 2.71. The van der Waals surface area contributed by atoms with E-state index in [1.54, 1.807) is 6.92 Å². The molecule has 0 amide bonds. The number of hydrogen-bond donors (Lipinski definition) is 0. The fraction of sp³-hybridized carbons (Fsp3) is 0.182. The Morgan fingerprint density at radius 1 is 1.31 bits per heavy atom. The van der Waals surface area contributed by atoms with Gasteiger partial charge in [-0.05, 0) is 25.1 Å². The molecule has 0 aliphatic carbocycles. The predicted molar refractivity (Wildman–Crippen MR) is 56.1 cm³/mol. The van der Waals surface area contributed by atoms with Crippen LogP contribution in [0.3, 0.4) is 0 Å². The number of oxazole rings is 1. The van der Waals surface area contributed by atoms with Gasteiger partial charge in [-0.25, -0.2) is 13.8 Å². The quantitative estimate of drug-likeness (QED) is 0.747. The van der Waals surface area contributed by atoms with Crippen molar-refractivity contribution in [3.8, 4) is 11.3 Å². The van der Waals surface area contributed by atoms with Crippen LogP contribution < -0.4 is 0 Å². The Labute approximate surface area is 95.9 Å². The summed E-state index contributed by atoms with van der Waals surface area (Å²) in [7, 11) is 0. The van der Waals surface area contributed by atoms with Crippen molar-refractivity contribution in [2.45, 2.75) is 12.3 Å². The highest BCUT2D eigenvalue weighted by Crippen LogP contribution is 2.26. The summed E-state index contributed by atoms with van der Waals surface area (Å²) in [5.74, 6) is -1.11.